The van der Waals surface area contributed by atoms with Gasteiger partial charge < -0.3 is 5.32 Å². The molecule has 1 rings (SSSR count). The highest BCUT2D eigenvalue weighted by atomic mass is 35.6. The van der Waals surface area contributed by atoms with Crippen molar-refractivity contribution in [3.8, 4) is 0 Å². The molecular formula is C14H19Cl3N2O. The molecule has 20 heavy (non-hydrogen) atoms. The van der Waals surface area contributed by atoms with Gasteiger partial charge in [0.25, 0.3) is 0 Å². The zero-order valence-electron chi connectivity index (χ0n) is 11.6. The number of amides is 1. The molecule has 0 saturated carbocycles. The van der Waals surface area contributed by atoms with Crippen LogP contribution >= 0.6 is 34.8 Å². The van der Waals surface area contributed by atoms with Gasteiger partial charge in [0.15, 0.2) is 0 Å². The Morgan fingerprint density at radius 1 is 1.30 bits per heavy atom. The topological polar surface area (TPSA) is 32.3 Å². The van der Waals surface area contributed by atoms with E-state index in [-0.39, 0.29) is 5.91 Å². The van der Waals surface area contributed by atoms with Crippen molar-refractivity contribution in [2.75, 3.05) is 7.05 Å². The third-order valence-corrected chi connectivity index (χ3v) is 3.42. The number of nitrogens with zero attached hydrogens (tertiary/aromatic N) is 1. The molecule has 0 heterocycles. The number of alkyl halides is 3. The van der Waals surface area contributed by atoms with Crippen LogP contribution in [0.5, 0.6) is 0 Å². The first-order chi connectivity index (χ1) is 9.34. The van der Waals surface area contributed by atoms with E-state index in [9.17, 15) is 4.79 Å². The molecule has 6 heteroatoms. The number of halogens is 3. The molecule has 0 saturated heterocycles. The number of benzene rings is 1. The highest BCUT2D eigenvalue weighted by Crippen LogP contribution is 2.32. The first-order valence-corrected chi connectivity index (χ1v) is 7.58. The van der Waals surface area contributed by atoms with Crippen LogP contribution in [0.1, 0.15) is 25.3 Å². The number of nitrogens with one attached hydrogen (secondary N) is 1. The second-order valence-electron chi connectivity index (χ2n) is 4.66. The Morgan fingerprint density at radius 2 is 1.90 bits per heavy atom. The number of carbonyl (C=O) groups is 1. The van der Waals surface area contributed by atoms with Crippen LogP contribution in [0.4, 0.5) is 0 Å². The van der Waals surface area contributed by atoms with E-state index in [1.54, 1.807) is 0 Å². The quantitative estimate of drug-likeness (QED) is 0.633. The van der Waals surface area contributed by atoms with Gasteiger partial charge in [-0.2, -0.15) is 0 Å². The summed E-state index contributed by atoms with van der Waals surface area (Å²) in [4.78, 5) is 13.6. The maximum absolute atomic E-state index is 11.7. The van der Waals surface area contributed by atoms with Crippen LogP contribution in [0.15, 0.2) is 30.3 Å². The molecule has 0 bridgehead atoms. The van der Waals surface area contributed by atoms with E-state index in [0.29, 0.717) is 13.0 Å². The van der Waals surface area contributed by atoms with Crippen molar-refractivity contribution < 1.29 is 4.79 Å². The lowest BCUT2D eigenvalue weighted by Gasteiger charge is -2.33. The lowest BCUT2D eigenvalue weighted by Crippen LogP contribution is -2.53. The molecule has 1 amide bonds. The maximum Gasteiger partial charge on any atom is 0.223 e. The Labute approximate surface area is 135 Å². The molecule has 0 aliphatic heterocycles. The zero-order chi connectivity index (χ0) is 15.2. The van der Waals surface area contributed by atoms with E-state index < -0.39 is 9.96 Å². The first kappa shape index (κ1) is 17.6. The smallest absolute Gasteiger partial charge is 0.223 e. The molecule has 1 aromatic rings. The Hall–Kier alpha value is -0.480. The summed E-state index contributed by atoms with van der Waals surface area (Å²) >= 11 is 17.9. The maximum atomic E-state index is 11.7. The minimum atomic E-state index is -1.59. The Bertz CT molecular complexity index is 420. The SMILES string of the molecule is CCCC(=O)NC(N(C)Cc1ccccc1)C(Cl)(Cl)Cl. The van der Waals surface area contributed by atoms with Crippen LogP contribution in [0, 0.1) is 0 Å². The lowest BCUT2D eigenvalue weighted by atomic mass is 10.2. The minimum absolute atomic E-state index is 0.122. The van der Waals surface area contributed by atoms with E-state index in [0.717, 1.165) is 12.0 Å². The van der Waals surface area contributed by atoms with Crippen molar-refractivity contribution in [2.24, 2.45) is 0 Å². The van der Waals surface area contributed by atoms with Crippen molar-refractivity contribution in [1.29, 1.82) is 0 Å². The van der Waals surface area contributed by atoms with Crippen molar-refractivity contribution >= 4 is 40.7 Å². The monoisotopic (exact) mass is 336 g/mol. The number of carbonyl (C=O) groups excluding carboxylic acids is 1. The van der Waals surface area contributed by atoms with Crippen LogP contribution in [-0.2, 0) is 11.3 Å². The van der Waals surface area contributed by atoms with E-state index >= 15 is 0 Å². The van der Waals surface area contributed by atoms with Gasteiger partial charge in [0.1, 0.15) is 6.17 Å². The van der Waals surface area contributed by atoms with Gasteiger partial charge in [-0.3, -0.25) is 9.69 Å². The fraction of sp³-hybridized carbons (Fsp3) is 0.500. The molecule has 0 aliphatic carbocycles. The summed E-state index contributed by atoms with van der Waals surface area (Å²) in [5.74, 6) is -0.122. The van der Waals surface area contributed by atoms with Gasteiger partial charge in [-0.05, 0) is 19.0 Å². The molecule has 1 aromatic carbocycles. The van der Waals surface area contributed by atoms with Gasteiger partial charge in [0.05, 0.1) is 0 Å². The summed E-state index contributed by atoms with van der Waals surface area (Å²) in [5, 5.41) is 2.77. The van der Waals surface area contributed by atoms with E-state index in [1.165, 1.54) is 0 Å². The molecule has 112 valence electrons. The highest BCUT2D eigenvalue weighted by molar-refractivity contribution is 6.68. The molecule has 1 N–H and O–H groups in total. The average Bonchev–Trinajstić information content (AvgIpc) is 2.36. The molecule has 1 atom stereocenters. The molecule has 1 unspecified atom stereocenters. The lowest BCUT2D eigenvalue weighted by molar-refractivity contribution is -0.123. The van der Waals surface area contributed by atoms with E-state index in [1.807, 2.05) is 49.2 Å². The van der Waals surface area contributed by atoms with E-state index in [4.69, 9.17) is 34.8 Å². The second-order valence-corrected chi connectivity index (χ2v) is 7.03. The van der Waals surface area contributed by atoms with Crippen molar-refractivity contribution in [3.63, 3.8) is 0 Å². The van der Waals surface area contributed by atoms with Gasteiger partial charge in [0, 0.05) is 13.0 Å². The fourth-order valence-corrected chi connectivity index (χ4v) is 2.52. The van der Waals surface area contributed by atoms with Crippen LogP contribution in [0.3, 0.4) is 0 Å². The van der Waals surface area contributed by atoms with E-state index in [2.05, 4.69) is 5.32 Å². The Balaban J connectivity index is 2.75. The molecule has 0 fully saturated rings. The van der Waals surface area contributed by atoms with Crippen molar-refractivity contribution in [2.45, 2.75) is 36.3 Å². The van der Waals surface area contributed by atoms with Gasteiger partial charge in [-0.15, -0.1) is 0 Å². The Morgan fingerprint density at radius 3 is 2.40 bits per heavy atom. The standard InChI is InChI=1S/C14H19Cl3N2O/c1-3-7-12(20)18-13(14(15,16)17)19(2)10-11-8-5-4-6-9-11/h4-6,8-9,13H,3,7,10H2,1-2H3,(H,18,20). The van der Waals surface area contributed by atoms with Crippen LogP contribution in [0.25, 0.3) is 0 Å². The zero-order valence-corrected chi connectivity index (χ0v) is 13.8. The molecule has 0 radical (unpaired) electrons. The van der Waals surface area contributed by atoms with Crippen LogP contribution in [-0.4, -0.2) is 27.8 Å². The first-order valence-electron chi connectivity index (χ1n) is 6.44. The van der Waals surface area contributed by atoms with Gasteiger partial charge in [-0.1, -0.05) is 72.1 Å². The average molecular weight is 338 g/mol. The number of hydrogen-bond donors (Lipinski definition) is 1. The number of rotatable bonds is 6. The normalized spacial score (nSPS) is 13.3. The summed E-state index contributed by atoms with van der Waals surface area (Å²) in [7, 11) is 1.81. The third-order valence-electron chi connectivity index (χ3n) is 2.80. The third kappa shape index (κ3) is 5.88. The van der Waals surface area contributed by atoms with Crippen LogP contribution in [0.2, 0.25) is 0 Å². The molecule has 0 aromatic heterocycles. The predicted octanol–water partition coefficient (Wildman–Crippen LogP) is 3.73. The highest BCUT2D eigenvalue weighted by Gasteiger charge is 2.36. The van der Waals surface area contributed by atoms with Gasteiger partial charge in [-0.25, -0.2) is 0 Å². The van der Waals surface area contributed by atoms with Gasteiger partial charge in [0.2, 0.25) is 9.70 Å². The van der Waals surface area contributed by atoms with Crippen molar-refractivity contribution in [3.05, 3.63) is 35.9 Å². The molecule has 0 aliphatic rings. The predicted molar refractivity (Wildman–Crippen MR) is 85.0 cm³/mol. The van der Waals surface area contributed by atoms with Gasteiger partial charge >= 0.3 is 0 Å². The summed E-state index contributed by atoms with van der Waals surface area (Å²) in [6, 6.07) is 9.81. The number of hydrogen-bond acceptors (Lipinski definition) is 2. The summed E-state index contributed by atoms with van der Waals surface area (Å²) in [6.07, 6.45) is 0.490. The molecular weight excluding hydrogens is 319 g/mol. The fourth-order valence-electron chi connectivity index (χ4n) is 1.86. The largest absolute Gasteiger partial charge is 0.337 e. The molecule has 3 nitrogen and oxygen atoms in total. The summed E-state index contributed by atoms with van der Waals surface area (Å²) in [5.41, 5.74) is 1.08. The Kier molecular flexibility index (Phi) is 7.10. The minimum Gasteiger partial charge on any atom is -0.337 e. The summed E-state index contributed by atoms with van der Waals surface area (Å²) in [6.45, 7) is 2.50. The summed E-state index contributed by atoms with van der Waals surface area (Å²) < 4.78 is -1.59. The van der Waals surface area contributed by atoms with Crippen LogP contribution < -0.4 is 5.32 Å². The molecule has 0 spiro atoms. The van der Waals surface area contributed by atoms with Crippen molar-refractivity contribution in [1.82, 2.24) is 10.2 Å². The second kappa shape index (κ2) is 8.08.